The number of nitrogens with one attached hydrogen (secondary N) is 2. The Morgan fingerprint density at radius 1 is 1.07 bits per heavy atom. The second-order valence-electron chi connectivity index (χ2n) is 6.99. The van der Waals surface area contributed by atoms with E-state index in [0.717, 1.165) is 42.0 Å². The lowest BCUT2D eigenvalue weighted by molar-refractivity contribution is 0.477. The van der Waals surface area contributed by atoms with Gasteiger partial charge in [-0.2, -0.15) is 4.31 Å². The number of nitrogens with zero attached hydrogens (tertiary/aromatic N) is 2. The van der Waals surface area contributed by atoms with E-state index >= 15 is 0 Å². The van der Waals surface area contributed by atoms with Crippen molar-refractivity contribution in [2.45, 2.75) is 30.7 Å². The van der Waals surface area contributed by atoms with Gasteiger partial charge in [0, 0.05) is 38.2 Å². The Balaban J connectivity index is 1.49. The van der Waals surface area contributed by atoms with Gasteiger partial charge in [0.05, 0.1) is 4.90 Å². The SMILES string of the molecule is CN=C(NCCc1cccc(Cl)c1)NCc1ccc(S(=O)(=O)N2CCCC2)cc1. The predicted octanol–water partition coefficient (Wildman–Crippen LogP) is 3.03. The molecule has 0 aromatic heterocycles. The summed E-state index contributed by atoms with van der Waals surface area (Å²) < 4.78 is 26.7. The van der Waals surface area contributed by atoms with Gasteiger partial charge in [0.1, 0.15) is 0 Å². The highest BCUT2D eigenvalue weighted by molar-refractivity contribution is 7.89. The standard InChI is InChI=1S/C21H27ClN4O2S/c1-23-21(24-12-11-17-5-4-6-19(22)15-17)25-16-18-7-9-20(10-8-18)29(27,28)26-13-2-3-14-26/h4-10,15H,2-3,11-14,16H2,1H3,(H2,23,24,25). The van der Waals surface area contributed by atoms with Crippen molar-refractivity contribution in [2.24, 2.45) is 4.99 Å². The molecule has 1 aliphatic rings. The maximum absolute atomic E-state index is 12.6. The summed E-state index contributed by atoms with van der Waals surface area (Å²) in [5.74, 6) is 0.695. The van der Waals surface area contributed by atoms with Gasteiger partial charge in [-0.1, -0.05) is 35.9 Å². The molecule has 0 atom stereocenters. The zero-order chi connectivity index (χ0) is 20.7. The average Bonchev–Trinajstić information content (AvgIpc) is 3.27. The van der Waals surface area contributed by atoms with Crippen LogP contribution in [0.5, 0.6) is 0 Å². The molecule has 0 radical (unpaired) electrons. The third-order valence-corrected chi connectivity index (χ3v) is 7.05. The van der Waals surface area contributed by atoms with Crippen LogP contribution in [-0.2, 0) is 23.0 Å². The second kappa shape index (κ2) is 10.1. The fraction of sp³-hybridized carbons (Fsp3) is 0.381. The fourth-order valence-corrected chi connectivity index (χ4v) is 5.01. The number of rotatable bonds is 7. The molecule has 0 spiro atoms. The molecule has 156 valence electrons. The normalized spacial score (nSPS) is 15.4. The molecular weight excluding hydrogens is 408 g/mol. The first kappa shape index (κ1) is 21.6. The maximum Gasteiger partial charge on any atom is 0.243 e. The largest absolute Gasteiger partial charge is 0.356 e. The molecule has 0 aliphatic carbocycles. The van der Waals surface area contributed by atoms with Gasteiger partial charge in [-0.05, 0) is 54.7 Å². The molecule has 3 rings (SSSR count). The Morgan fingerprint density at radius 3 is 2.45 bits per heavy atom. The van der Waals surface area contributed by atoms with Crippen LogP contribution in [0.2, 0.25) is 5.02 Å². The number of halogens is 1. The molecule has 2 N–H and O–H groups in total. The van der Waals surface area contributed by atoms with Gasteiger partial charge in [0.15, 0.2) is 5.96 Å². The van der Waals surface area contributed by atoms with E-state index in [1.54, 1.807) is 23.5 Å². The van der Waals surface area contributed by atoms with Gasteiger partial charge in [-0.15, -0.1) is 0 Å². The van der Waals surface area contributed by atoms with E-state index in [1.807, 2.05) is 36.4 Å². The Labute approximate surface area is 178 Å². The molecule has 1 aliphatic heterocycles. The molecule has 8 heteroatoms. The molecule has 6 nitrogen and oxygen atoms in total. The summed E-state index contributed by atoms with van der Waals surface area (Å²) in [5.41, 5.74) is 2.15. The average molecular weight is 435 g/mol. The lowest BCUT2D eigenvalue weighted by atomic mass is 10.1. The summed E-state index contributed by atoms with van der Waals surface area (Å²) in [6.45, 7) is 2.51. The summed E-state index contributed by atoms with van der Waals surface area (Å²) in [5, 5.41) is 7.26. The first-order valence-corrected chi connectivity index (χ1v) is 11.6. The van der Waals surface area contributed by atoms with E-state index in [0.29, 0.717) is 30.5 Å². The molecule has 0 unspecified atom stereocenters. The first-order valence-electron chi connectivity index (χ1n) is 9.77. The van der Waals surface area contributed by atoms with Crippen molar-refractivity contribution in [1.29, 1.82) is 0 Å². The van der Waals surface area contributed by atoms with E-state index in [-0.39, 0.29) is 0 Å². The van der Waals surface area contributed by atoms with E-state index < -0.39 is 10.0 Å². The van der Waals surface area contributed by atoms with Crippen LogP contribution in [0, 0.1) is 0 Å². The van der Waals surface area contributed by atoms with E-state index in [1.165, 1.54) is 0 Å². The van der Waals surface area contributed by atoms with Crippen molar-refractivity contribution in [2.75, 3.05) is 26.7 Å². The molecule has 1 saturated heterocycles. The Kier molecular flexibility index (Phi) is 7.52. The maximum atomic E-state index is 12.6. The number of aliphatic imine (C=N–C) groups is 1. The lowest BCUT2D eigenvalue weighted by Crippen LogP contribution is -2.37. The van der Waals surface area contributed by atoms with Crippen molar-refractivity contribution in [1.82, 2.24) is 14.9 Å². The van der Waals surface area contributed by atoms with Crippen LogP contribution in [-0.4, -0.2) is 45.4 Å². The minimum absolute atomic E-state index is 0.354. The summed E-state index contributed by atoms with van der Waals surface area (Å²) >= 11 is 6.01. The van der Waals surface area contributed by atoms with Gasteiger partial charge in [0.25, 0.3) is 0 Å². The van der Waals surface area contributed by atoms with Gasteiger partial charge in [0.2, 0.25) is 10.0 Å². The highest BCUT2D eigenvalue weighted by atomic mass is 35.5. The number of guanidine groups is 1. The zero-order valence-electron chi connectivity index (χ0n) is 16.6. The minimum atomic E-state index is -3.37. The second-order valence-corrected chi connectivity index (χ2v) is 9.36. The van der Waals surface area contributed by atoms with Gasteiger partial charge >= 0.3 is 0 Å². The van der Waals surface area contributed by atoms with Gasteiger partial charge < -0.3 is 10.6 Å². The molecule has 0 saturated carbocycles. The molecule has 1 fully saturated rings. The number of hydrogen-bond acceptors (Lipinski definition) is 3. The number of hydrogen-bond donors (Lipinski definition) is 2. The zero-order valence-corrected chi connectivity index (χ0v) is 18.1. The van der Waals surface area contributed by atoms with Crippen molar-refractivity contribution in [3.63, 3.8) is 0 Å². The molecule has 0 amide bonds. The molecule has 2 aromatic rings. The predicted molar refractivity (Wildman–Crippen MR) is 118 cm³/mol. The van der Waals surface area contributed by atoms with Crippen LogP contribution in [0.25, 0.3) is 0 Å². The smallest absolute Gasteiger partial charge is 0.243 e. The van der Waals surface area contributed by atoms with Crippen LogP contribution in [0.3, 0.4) is 0 Å². The lowest BCUT2D eigenvalue weighted by Gasteiger charge is -2.16. The Hall–Kier alpha value is -2.09. The summed E-state index contributed by atoms with van der Waals surface area (Å²) in [6, 6.07) is 14.8. The third-order valence-electron chi connectivity index (χ3n) is 4.90. The van der Waals surface area contributed by atoms with E-state index in [2.05, 4.69) is 15.6 Å². The van der Waals surface area contributed by atoms with Gasteiger partial charge in [-0.25, -0.2) is 8.42 Å². The Morgan fingerprint density at radius 2 is 1.79 bits per heavy atom. The minimum Gasteiger partial charge on any atom is -0.356 e. The fourth-order valence-electron chi connectivity index (χ4n) is 3.28. The molecule has 2 aromatic carbocycles. The molecule has 29 heavy (non-hydrogen) atoms. The monoisotopic (exact) mass is 434 g/mol. The summed E-state index contributed by atoms with van der Waals surface area (Å²) in [7, 11) is -1.64. The van der Waals surface area contributed by atoms with Crippen molar-refractivity contribution < 1.29 is 8.42 Å². The van der Waals surface area contributed by atoms with Crippen LogP contribution in [0.15, 0.2) is 58.4 Å². The molecular formula is C21H27ClN4O2S. The van der Waals surface area contributed by atoms with Crippen molar-refractivity contribution >= 4 is 27.6 Å². The van der Waals surface area contributed by atoms with Crippen molar-refractivity contribution in [3.05, 3.63) is 64.7 Å². The van der Waals surface area contributed by atoms with Crippen LogP contribution in [0.4, 0.5) is 0 Å². The molecule has 1 heterocycles. The van der Waals surface area contributed by atoms with Gasteiger partial charge in [-0.3, -0.25) is 4.99 Å². The third kappa shape index (κ3) is 5.95. The summed E-state index contributed by atoms with van der Waals surface area (Å²) in [4.78, 5) is 4.58. The van der Waals surface area contributed by atoms with Crippen LogP contribution < -0.4 is 10.6 Å². The van der Waals surface area contributed by atoms with E-state index in [4.69, 9.17) is 11.6 Å². The number of benzene rings is 2. The first-order chi connectivity index (χ1) is 14.0. The quantitative estimate of drug-likeness (QED) is 0.519. The Bertz CT molecular complexity index is 939. The number of sulfonamides is 1. The van der Waals surface area contributed by atoms with Crippen LogP contribution in [0.1, 0.15) is 24.0 Å². The van der Waals surface area contributed by atoms with Crippen LogP contribution >= 0.6 is 11.6 Å². The highest BCUT2D eigenvalue weighted by Gasteiger charge is 2.26. The van der Waals surface area contributed by atoms with E-state index in [9.17, 15) is 8.42 Å². The topological polar surface area (TPSA) is 73.8 Å². The summed E-state index contributed by atoms with van der Waals surface area (Å²) in [6.07, 6.45) is 2.71. The highest BCUT2D eigenvalue weighted by Crippen LogP contribution is 2.21. The van der Waals surface area contributed by atoms with Crippen molar-refractivity contribution in [3.8, 4) is 0 Å². The molecule has 0 bridgehead atoms.